The van der Waals surface area contributed by atoms with Gasteiger partial charge < -0.3 is 15.1 Å². The van der Waals surface area contributed by atoms with Crippen LogP contribution in [0.15, 0.2) is 47.1 Å². The molecule has 2 atom stereocenters. The lowest BCUT2D eigenvalue weighted by atomic mass is 9.95. The Labute approximate surface area is 124 Å². The zero-order valence-corrected chi connectivity index (χ0v) is 12.1. The zero-order chi connectivity index (χ0) is 14.7. The third kappa shape index (κ3) is 3.34. The van der Waals surface area contributed by atoms with Gasteiger partial charge in [0.2, 0.25) is 5.91 Å². The summed E-state index contributed by atoms with van der Waals surface area (Å²) in [5.41, 5.74) is 2.54. The van der Waals surface area contributed by atoms with Gasteiger partial charge in [0.15, 0.2) is 0 Å². The van der Waals surface area contributed by atoms with E-state index in [4.69, 9.17) is 4.42 Å². The molecule has 3 rings (SSSR count). The molecule has 2 heterocycles. The Balaban J connectivity index is 1.56. The van der Waals surface area contributed by atoms with E-state index in [1.165, 1.54) is 11.1 Å². The predicted octanol–water partition coefficient (Wildman–Crippen LogP) is 2.04. The summed E-state index contributed by atoms with van der Waals surface area (Å²) < 4.78 is 5.31. The fourth-order valence-corrected chi connectivity index (χ4v) is 2.76. The van der Waals surface area contributed by atoms with Crippen LogP contribution in [0.5, 0.6) is 0 Å². The predicted molar refractivity (Wildman–Crippen MR) is 80.8 cm³/mol. The SMILES string of the molecule is CC(Cc1ccco1)NC(=O)C1Cc2ccccc2CN1. The van der Waals surface area contributed by atoms with E-state index in [0.717, 1.165) is 18.7 Å². The van der Waals surface area contributed by atoms with Crippen LogP contribution in [0.4, 0.5) is 0 Å². The number of hydrogen-bond acceptors (Lipinski definition) is 3. The van der Waals surface area contributed by atoms with Crippen LogP contribution in [0, 0.1) is 0 Å². The van der Waals surface area contributed by atoms with Crippen molar-refractivity contribution in [1.82, 2.24) is 10.6 Å². The molecule has 0 fully saturated rings. The second-order valence-electron chi connectivity index (χ2n) is 5.60. The molecule has 0 saturated carbocycles. The lowest BCUT2D eigenvalue weighted by molar-refractivity contribution is -0.123. The van der Waals surface area contributed by atoms with E-state index in [-0.39, 0.29) is 18.0 Å². The number of furan rings is 1. The van der Waals surface area contributed by atoms with Crippen molar-refractivity contribution in [3.8, 4) is 0 Å². The van der Waals surface area contributed by atoms with E-state index in [1.54, 1.807) is 6.26 Å². The molecule has 0 saturated heterocycles. The van der Waals surface area contributed by atoms with Gasteiger partial charge >= 0.3 is 0 Å². The highest BCUT2D eigenvalue weighted by Crippen LogP contribution is 2.16. The smallest absolute Gasteiger partial charge is 0.237 e. The number of hydrogen-bond donors (Lipinski definition) is 2. The highest BCUT2D eigenvalue weighted by Gasteiger charge is 2.24. The number of rotatable bonds is 4. The molecule has 1 aliphatic heterocycles. The second kappa shape index (κ2) is 6.14. The van der Waals surface area contributed by atoms with E-state index in [9.17, 15) is 4.79 Å². The number of benzene rings is 1. The molecule has 2 aromatic rings. The van der Waals surface area contributed by atoms with Gasteiger partial charge in [-0.15, -0.1) is 0 Å². The Morgan fingerprint density at radius 3 is 2.90 bits per heavy atom. The average molecular weight is 284 g/mol. The normalized spacial score (nSPS) is 18.8. The van der Waals surface area contributed by atoms with Crippen molar-refractivity contribution in [2.24, 2.45) is 0 Å². The summed E-state index contributed by atoms with van der Waals surface area (Å²) in [5.74, 6) is 0.952. The summed E-state index contributed by atoms with van der Waals surface area (Å²) in [6.45, 7) is 2.75. The lowest BCUT2D eigenvalue weighted by Crippen LogP contribution is -2.50. The largest absolute Gasteiger partial charge is 0.469 e. The first kappa shape index (κ1) is 13.9. The van der Waals surface area contributed by atoms with E-state index in [0.29, 0.717) is 6.42 Å². The molecule has 21 heavy (non-hydrogen) atoms. The Kier molecular flexibility index (Phi) is 4.06. The molecule has 2 unspecified atom stereocenters. The van der Waals surface area contributed by atoms with Crippen molar-refractivity contribution in [3.05, 3.63) is 59.5 Å². The summed E-state index contributed by atoms with van der Waals surface area (Å²) in [6, 6.07) is 12.0. The van der Waals surface area contributed by atoms with Crippen molar-refractivity contribution in [2.75, 3.05) is 0 Å². The van der Waals surface area contributed by atoms with Gasteiger partial charge in [0, 0.05) is 19.0 Å². The first-order chi connectivity index (χ1) is 10.2. The molecule has 1 aromatic heterocycles. The molecule has 1 aromatic carbocycles. The molecule has 0 radical (unpaired) electrons. The van der Waals surface area contributed by atoms with Crippen molar-refractivity contribution < 1.29 is 9.21 Å². The van der Waals surface area contributed by atoms with Gasteiger partial charge in [0.1, 0.15) is 5.76 Å². The molecule has 1 aliphatic rings. The van der Waals surface area contributed by atoms with Crippen LogP contribution in [-0.2, 0) is 24.2 Å². The summed E-state index contributed by atoms with van der Waals surface area (Å²) >= 11 is 0. The minimum atomic E-state index is -0.154. The molecule has 1 amide bonds. The monoisotopic (exact) mass is 284 g/mol. The topological polar surface area (TPSA) is 54.3 Å². The van der Waals surface area contributed by atoms with Gasteiger partial charge in [0.25, 0.3) is 0 Å². The van der Waals surface area contributed by atoms with Crippen LogP contribution in [0.3, 0.4) is 0 Å². The van der Waals surface area contributed by atoms with Crippen molar-refractivity contribution in [3.63, 3.8) is 0 Å². The van der Waals surface area contributed by atoms with Crippen molar-refractivity contribution in [2.45, 2.75) is 38.4 Å². The summed E-state index contributed by atoms with van der Waals surface area (Å²) in [5, 5.41) is 6.36. The Morgan fingerprint density at radius 1 is 1.33 bits per heavy atom. The third-order valence-electron chi connectivity index (χ3n) is 3.87. The Hall–Kier alpha value is -2.07. The van der Waals surface area contributed by atoms with Gasteiger partial charge in [0.05, 0.1) is 12.3 Å². The molecule has 2 N–H and O–H groups in total. The van der Waals surface area contributed by atoms with E-state index in [1.807, 2.05) is 31.2 Å². The number of nitrogens with one attached hydrogen (secondary N) is 2. The van der Waals surface area contributed by atoms with Gasteiger partial charge in [-0.1, -0.05) is 24.3 Å². The molecule has 110 valence electrons. The molecular weight excluding hydrogens is 264 g/mol. The van der Waals surface area contributed by atoms with E-state index >= 15 is 0 Å². The fraction of sp³-hybridized carbons (Fsp3) is 0.353. The minimum Gasteiger partial charge on any atom is -0.469 e. The van der Waals surface area contributed by atoms with E-state index in [2.05, 4.69) is 22.8 Å². The summed E-state index contributed by atoms with van der Waals surface area (Å²) in [7, 11) is 0. The number of carbonyl (C=O) groups is 1. The fourth-order valence-electron chi connectivity index (χ4n) is 2.76. The standard InChI is InChI=1S/C17H20N2O2/c1-12(9-15-7-4-8-21-15)19-17(20)16-10-13-5-2-3-6-14(13)11-18-16/h2-8,12,16,18H,9-11H2,1H3,(H,19,20). The second-order valence-corrected chi connectivity index (χ2v) is 5.60. The molecule has 4 nitrogen and oxygen atoms in total. The minimum absolute atomic E-state index is 0.0580. The van der Waals surface area contributed by atoms with Crippen LogP contribution in [0.25, 0.3) is 0 Å². The highest BCUT2D eigenvalue weighted by molar-refractivity contribution is 5.82. The molecule has 0 bridgehead atoms. The quantitative estimate of drug-likeness (QED) is 0.903. The van der Waals surface area contributed by atoms with Gasteiger partial charge in [-0.3, -0.25) is 4.79 Å². The van der Waals surface area contributed by atoms with E-state index < -0.39 is 0 Å². The maximum Gasteiger partial charge on any atom is 0.237 e. The van der Waals surface area contributed by atoms with Crippen LogP contribution in [-0.4, -0.2) is 18.0 Å². The Morgan fingerprint density at radius 2 is 2.14 bits per heavy atom. The maximum atomic E-state index is 12.3. The number of amides is 1. The number of fused-ring (bicyclic) bond motifs is 1. The number of carbonyl (C=O) groups excluding carboxylic acids is 1. The maximum absolute atomic E-state index is 12.3. The zero-order valence-electron chi connectivity index (χ0n) is 12.1. The molecule has 0 aliphatic carbocycles. The third-order valence-corrected chi connectivity index (χ3v) is 3.87. The first-order valence-electron chi connectivity index (χ1n) is 7.35. The summed E-state index contributed by atoms with van der Waals surface area (Å²) in [4.78, 5) is 12.3. The molecular formula is C17H20N2O2. The van der Waals surface area contributed by atoms with Crippen LogP contribution in [0.2, 0.25) is 0 Å². The van der Waals surface area contributed by atoms with Crippen LogP contribution in [0.1, 0.15) is 23.8 Å². The van der Waals surface area contributed by atoms with Crippen molar-refractivity contribution in [1.29, 1.82) is 0 Å². The molecule has 0 spiro atoms. The van der Waals surface area contributed by atoms with Gasteiger partial charge in [-0.2, -0.15) is 0 Å². The first-order valence-corrected chi connectivity index (χ1v) is 7.35. The lowest BCUT2D eigenvalue weighted by Gasteiger charge is -2.26. The van der Waals surface area contributed by atoms with Crippen LogP contribution < -0.4 is 10.6 Å². The summed E-state index contributed by atoms with van der Waals surface area (Å²) in [6.07, 6.45) is 3.11. The van der Waals surface area contributed by atoms with Gasteiger partial charge in [-0.25, -0.2) is 0 Å². The van der Waals surface area contributed by atoms with Crippen LogP contribution >= 0.6 is 0 Å². The Bertz CT molecular complexity index is 607. The van der Waals surface area contributed by atoms with Gasteiger partial charge in [-0.05, 0) is 36.6 Å². The average Bonchev–Trinajstić information content (AvgIpc) is 2.99. The highest BCUT2D eigenvalue weighted by atomic mass is 16.3. The van der Waals surface area contributed by atoms with Crippen molar-refractivity contribution >= 4 is 5.91 Å². The molecule has 4 heteroatoms.